The van der Waals surface area contributed by atoms with Crippen molar-refractivity contribution in [2.75, 3.05) is 0 Å². The number of hydrogen-bond acceptors (Lipinski definition) is 1. The van der Waals surface area contributed by atoms with E-state index < -0.39 is 17.7 Å². The standard InChI is InChI=1S/C13H8Cl3F2N/c14-8-3-1-2-6(12(8)16)13(19)7-4-10(17)11(18)5-9(7)15/h1-5,13H,19H2. The highest BCUT2D eigenvalue weighted by Gasteiger charge is 2.19. The molecular weight excluding hydrogens is 315 g/mol. The van der Waals surface area contributed by atoms with Crippen LogP contribution in [0.2, 0.25) is 15.1 Å². The lowest BCUT2D eigenvalue weighted by Gasteiger charge is -2.16. The number of hydrogen-bond donors (Lipinski definition) is 1. The van der Waals surface area contributed by atoms with Crippen molar-refractivity contribution in [1.82, 2.24) is 0 Å². The van der Waals surface area contributed by atoms with Gasteiger partial charge in [0.1, 0.15) is 0 Å². The van der Waals surface area contributed by atoms with Gasteiger partial charge in [-0.1, -0.05) is 46.9 Å². The first kappa shape index (κ1) is 14.5. The number of halogens is 5. The van der Waals surface area contributed by atoms with Gasteiger partial charge in [0.05, 0.1) is 16.1 Å². The fraction of sp³-hybridized carbons (Fsp3) is 0.0769. The molecule has 1 nitrogen and oxygen atoms in total. The lowest BCUT2D eigenvalue weighted by Crippen LogP contribution is -2.13. The maximum atomic E-state index is 13.3. The molecule has 100 valence electrons. The van der Waals surface area contributed by atoms with Crippen molar-refractivity contribution in [3.63, 3.8) is 0 Å². The van der Waals surface area contributed by atoms with Gasteiger partial charge in [-0.15, -0.1) is 0 Å². The smallest absolute Gasteiger partial charge is 0.160 e. The SMILES string of the molecule is NC(c1cc(F)c(F)cc1Cl)c1cccc(Cl)c1Cl. The Kier molecular flexibility index (Phi) is 4.31. The summed E-state index contributed by atoms with van der Waals surface area (Å²) in [5.41, 5.74) is 6.72. The van der Waals surface area contributed by atoms with Gasteiger partial charge in [0.15, 0.2) is 11.6 Å². The third-order valence-corrected chi connectivity index (χ3v) is 3.85. The van der Waals surface area contributed by atoms with Crippen LogP contribution in [0.4, 0.5) is 8.78 Å². The highest BCUT2D eigenvalue weighted by atomic mass is 35.5. The predicted molar refractivity (Wildman–Crippen MR) is 73.9 cm³/mol. The highest BCUT2D eigenvalue weighted by Crippen LogP contribution is 2.34. The summed E-state index contributed by atoms with van der Waals surface area (Å²) in [6.07, 6.45) is 0. The Morgan fingerprint density at radius 1 is 0.895 bits per heavy atom. The first-order valence-electron chi connectivity index (χ1n) is 5.25. The van der Waals surface area contributed by atoms with E-state index in [1.165, 1.54) is 0 Å². The van der Waals surface area contributed by atoms with Crippen LogP contribution in [0.25, 0.3) is 0 Å². The molecule has 0 aliphatic rings. The first-order chi connectivity index (χ1) is 8.91. The molecular formula is C13H8Cl3F2N. The number of benzene rings is 2. The molecule has 2 rings (SSSR count). The van der Waals surface area contributed by atoms with E-state index in [0.29, 0.717) is 10.6 Å². The molecule has 0 fully saturated rings. The maximum Gasteiger partial charge on any atom is 0.160 e. The molecule has 2 N–H and O–H groups in total. The molecule has 2 aromatic carbocycles. The van der Waals surface area contributed by atoms with Crippen LogP contribution >= 0.6 is 34.8 Å². The quantitative estimate of drug-likeness (QED) is 0.776. The summed E-state index contributed by atoms with van der Waals surface area (Å²) in [6.45, 7) is 0. The van der Waals surface area contributed by atoms with Gasteiger partial charge in [-0.25, -0.2) is 8.78 Å². The average molecular weight is 323 g/mol. The molecule has 0 saturated carbocycles. The molecule has 0 aromatic heterocycles. The monoisotopic (exact) mass is 321 g/mol. The van der Waals surface area contributed by atoms with Gasteiger partial charge in [0, 0.05) is 5.02 Å². The van der Waals surface area contributed by atoms with E-state index in [2.05, 4.69) is 0 Å². The summed E-state index contributed by atoms with van der Waals surface area (Å²) in [6, 6.07) is 5.96. The molecule has 0 radical (unpaired) electrons. The van der Waals surface area contributed by atoms with Gasteiger partial charge in [0.2, 0.25) is 0 Å². The number of rotatable bonds is 2. The van der Waals surface area contributed by atoms with E-state index in [9.17, 15) is 8.78 Å². The molecule has 0 spiro atoms. The fourth-order valence-corrected chi connectivity index (χ4v) is 2.40. The van der Waals surface area contributed by atoms with Crippen molar-refractivity contribution in [3.05, 3.63) is 68.2 Å². The van der Waals surface area contributed by atoms with E-state index in [0.717, 1.165) is 12.1 Å². The normalized spacial score (nSPS) is 12.5. The largest absolute Gasteiger partial charge is 0.320 e. The second-order valence-corrected chi connectivity index (χ2v) is 5.10. The van der Waals surface area contributed by atoms with Crippen molar-refractivity contribution in [3.8, 4) is 0 Å². The van der Waals surface area contributed by atoms with Crippen LogP contribution < -0.4 is 5.73 Å². The molecule has 1 atom stereocenters. The molecule has 2 aromatic rings. The van der Waals surface area contributed by atoms with E-state index >= 15 is 0 Å². The minimum Gasteiger partial charge on any atom is -0.320 e. The Morgan fingerprint density at radius 3 is 2.21 bits per heavy atom. The molecule has 19 heavy (non-hydrogen) atoms. The fourth-order valence-electron chi connectivity index (χ4n) is 1.70. The van der Waals surface area contributed by atoms with Crippen molar-refractivity contribution < 1.29 is 8.78 Å². The van der Waals surface area contributed by atoms with Gasteiger partial charge in [-0.3, -0.25) is 0 Å². The van der Waals surface area contributed by atoms with Crippen molar-refractivity contribution in [1.29, 1.82) is 0 Å². The van der Waals surface area contributed by atoms with Crippen LogP contribution in [0.3, 0.4) is 0 Å². The Balaban J connectivity index is 2.53. The van der Waals surface area contributed by atoms with Crippen LogP contribution in [-0.4, -0.2) is 0 Å². The molecule has 1 unspecified atom stereocenters. The van der Waals surface area contributed by atoms with E-state index in [1.807, 2.05) is 0 Å². The molecule has 0 bridgehead atoms. The van der Waals surface area contributed by atoms with Crippen LogP contribution in [0.1, 0.15) is 17.2 Å². The predicted octanol–water partition coefficient (Wildman–Crippen LogP) is 4.97. The summed E-state index contributed by atoms with van der Waals surface area (Å²) < 4.78 is 26.3. The van der Waals surface area contributed by atoms with Crippen LogP contribution in [0.5, 0.6) is 0 Å². The Labute approximate surface area is 123 Å². The van der Waals surface area contributed by atoms with Gasteiger partial charge in [-0.05, 0) is 29.3 Å². The minimum atomic E-state index is -1.03. The lowest BCUT2D eigenvalue weighted by molar-refractivity contribution is 0.506. The van der Waals surface area contributed by atoms with Crippen molar-refractivity contribution in [2.24, 2.45) is 5.73 Å². The Bertz CT molecular complexity index is 632. The summed E-state index contributed by atoms with van der Waals surface area (Å²) in [5.74, 6) is -2.05. The van der Waals surface area contributed by atoms with Crippen molar-refractivity contribution >= 4 is 34.8 Å². The van der Waals surface area contributed by atoms with Crippen LogP contribution in [0, 0.1) is 11.6 Å². The molecule has 0 aliphatic heterocycles. The zero-order valence-corrected chi connectivity index (χ0v) is 11.7. The topological polar surface area (TPSA) is 26.0 Å². The zero-order valence-electron chi connectivity index (χ0n) is 9.43. The van der Waals surface area contributed by atoms with Gasteiger partial charge >= 0.3 is 0 Å². The summed E-state index contributed by atoms with van der Waals surface area (Å²) in [4.78, 5) is 0. The Hall–Kier alpha value is -0.870. The molecule has 0 amide bonds. The van der Waals surface area contributed by atoms with E-state index in [-0.39, 0.29) is 15.6 Å². The van der Waals surface area contributed by atoms with E-state index in [4.69, 9.17) is 40.5 Å². The third kappa shape index (κ3) is 2.84. The van der Waals surface area contributed by atoms with Gasteiger partial charge < -0.3 is 5.73 Å². The maximum absolute atomic E-state index is 13.3. The summed E-state index contributed by atoms with van der Waals surface area (Å²) >= 11 is 17.8. The summed E-state index contributed by atoms with van der Waals surface area (Å²) in [7, 11) is 0. The highest BCUT2D eigenvalue weighted by molar-refractivity contribution is 6.42. The number of nitrogens with two attached hydrogens (primary N) is 1. The van der Waals surface area contributed by atoms with Gasteiger partial charge in [0.25, 0.3) is 0 Å². The Morgan fingerprint density at radius 2 is 1.53 bits per heavy atom. The lowest BCUT2D eigenvalue weighted by atomic mass is 9.99. The first-order valence-corrected chi connectivity index (χ1v) is 6.39. The summed E-state index contributed by atoms with van der Waals surface area (Å²) in [5, 5.41) is 0.619. The zero-order chi connectivity index (χ0) is 14.2. The van der Waals surface area contributed by atoms with Crippen LogP contribution in [-0.2, 0) is 0 Å². The van der Waals surface area contributed by atoms with Crippen molar-refractivity contribution in [2.45, 2.75) is 6.04 Å². The molecule has 0 saturated heterocycles. The second-order valence-electron chi connectivity index (χ2n) is 3.91. The molecule has 0 aliphatic carbocycles. The second kappa shape index (κ2) is 5.63. The average Bonchev–Trinajstić information content (AvgIpc) is 2.36. The van der Waals surface area contributed by atoms with Gasteiger partial charge in [-0.2, -0.15) is 0 Å². The molecule has 0 heterocycles. The molecule has 6 heteroatoms. The minimum absolute atomic E-state index is 0.0300. The van der Waals surface area contributed by atoms with Crippen LogP contribution in [0.15, 0.2) is 30.3 Å². The third-order valence-electron chi connectivity index (χ3n) is 2.69. The van der Waals surface area contributed by atoms with E-state index in [1.54, 1.807) is 18.2 Å².